The largest absolute Gasteiger partial charge is 0.428 e. The Hall–Kier alpha value is -3.39. The van der Waals surface area contributed by atoms with Crippen molar-refractivity contribution in [1.29, 1.82) is 10.8 Å². The topological polar surface area (TPSA) is 121 Å². The first kappa shape index (κ1) is 18.6. The van der Waals surface area contributed by atoms with Crippen LogP contribution in [0.2, 0.25) is 0 Å². The van der Waals surface area contributed by atoms with Gasteiger partial charge in [-0.1, -0.05) is 12.1 Å². The number of aliphatic imine (C=N–C) groups is 1. The van der Waals surface area contributed by atoms with Crippen LogP contribution in [0.25, 0.3) is 11.1 Å². The summed E-state index contributed by atoms with van der Waals surface area (Å²) >= 11 is 1.65. The molecule has 5 rings (SSSR count). The van der Waals surface area contributed by atoms with Crippen LogP contribution in [0.1, 0.15) is 52.3 Å². The van der Waals surface area contributed by atoms with Gasteiger partial charge in [0.1, 0.15) is 11.7 Å². The lowest BCUT2D eigenvalue weighted by Crippen LogP contribution is -2.24. The minimum absolute atomic E-state index is 0.0466. The van der Waals surface area contributed by atoms with Gasteiger partial charge in [0.25, 0.3) is 0 Å². The van der Waals surface area contributed by atoms with Crippen molar-refractivity contribution >= 4 is 29.5 Å². The van der Waals surface area contributed by atoms with Crippen LogP contribution in [0, 0.1) is 10.8 Å². The number of hydrogen-bond acceptors (Lipinski definition) is 8. The molecule has 0 spiro atoms. The molecule has 1 unspecified atom stereocenters. The van der Waals surface area contributed by atoms with Gasteiger partial charge in [0, 0.05) is 29.0 Å². The Balaban J connectivity index is 1.42. The summed E-state index contributed by atoms with van der Waals surface area (Å²) in [6.07, 6.45) is 5.64. The summed E-state index contributed by atoms with van der Waals surface area (Å²) in [5.74, 6) is 1.89. The normalized spacial score (nSPS) is 17.7. The highest BCUT2D eigenvalue weighted by Gasteiger charge is 2.30. The van der Waals surface area contributed by atoms with Crippen molar-refractivity contribution in [2.24, 2.45) is 10.7 Å². The van der Waals surface area contributed by atoms with Gasteiger partial charge in [0.05, 0.1) is 17.3 Å². The molecule has 0 saturated heterocycles. The molecule has 4 N–H and O–H groups in total. The molecule has 0 bridgehead atoms. The van der Waals surface area contributed by atoms with E-state index in [0.29, 0.717) is 17.3 Å². The fourth-order valence-electron chi connectivity index (χ4n) is 3.62. The number of nitrogens with two attached hydrogens (primary N) is 1. The summed E-state index contributed by atoms with van der Waals surface area (Å²) in [4.78, 5) is 15.1. The minimum atomic E-state index is -0.0547. The van der Waals surface area contributed by atoms with E-state index in [0.717, 1.165) is 45.9 Å². The number of thiophene rings is 1. The molecular formula is C22H20N6OS. The first-order chi connectivity index (χ1) is 14.6. The molecule has 1 atom stereocenters. The zero-order valence-electron chi connectivity index (χ0n) is 16.1. The Kier molecular flexibility index (Phi) is 4.63. The van der Waals surface area contributed by atoms with E-state index in [2.05, 4.69) is 16.4 Å². The first-order valence-electron chi connectivity index (χ1n) is 9.75. The highest BCUT2D eigenvalue weighted by atomic mass is 32.1. The lowest BCUT2D eigenvalue weighted by atomic mass is 10.00. The van der Waals surface area contributed by atoms with Crippen molar-refractivity contribution in [2.75, 3.05) is 0 Å². The van der Waals surface area contributed by atoms with Gasteiger partial charge in [-0.15, -0.1) is 11.3 Å². The standard InChI is InChI=1S/C22H20N6OS/c23-11-29-21(25)14-3-1-2-13(6-14)15-7-19(30-10-15)18-8-17-16(20(24)27-18)9-26-22(28-17)12-4-5-12/h1-3,6-7,9-12,18,23,25H,4-5,8H2,(H2,24,27). The monoisotopic (exact) mass is 416 g/mol. The molecule has 2 aliphatic rings. The fourth-order valence-corrected chi connectivity index (χ4v) is 4.57. The third kappa shape index (κ3) is 3.50. The average molecular weight is 417 g/mol. The van der Waals surface area contributed by atoms with Gasteiger partial charge in [0.2, 0.25) is 5.90 Å². The summed E-state index contributed by atoms with van der Waals surface area (Å²) in [7, 11) is 0. The van der Waals surface area contributed by atoms with Crippen LogP contribution in [-0.4, -0.2) is 28.1 Å². The molecule has 3 aromatic rings. The van der Waals surface area contributed by atoms with Crippen molar-refractivity contribution < 1.29 is 4.74 Å². The lowest BCUT2D eigenvalue weighted by Gasteiger charge is -2.20. The first-order valence-corrected chi connectivity index (χ1v) is 10.6. The summed E-state index contributed by atoms with van der Waals surface area (Å²) in [5, 5.41) is 17.0. The summed E-state index contributed by atoms with van der Waals surface area (Å²) in [5.41, 5.74) is 10.7. The molecule has 1 aliphatic carbocycles. The van der Waals surface area contributed by atoms with Gasteiger partial charge < -0.3 is 10.5 Å². The van der Waals surface area contributed by atoms with Gasteiger partial charge in [-0.3, -0.25) is 15.8 Å². The maximum atomic E-state index is 7.88. The number of hydrogen-bond donors (Lipinski definition) is 3. The highest BCUT2D eigenvalue weighted by Crippen LogP contribution is 2.39. The van der Waals surface area contributed by atoms with Gasteiger partial charge in [-0.2, -0.15) is 0 Å². The maximum absolute atomic E-state index is 7.88. The predicted octanol–water partition coefficient (Wildman–Crippen LogP) is 4.03. The van der Waals surface area contributed by atoms with Crippen molar-refractivity contribution in [3.63, 3.8) is 0 Å². The smallest absolute Gasteiger partial charge is 0.220 e. The van der Waals surface area contributed by atoms with Crippen LogP contribution in [0.5, 0.6) is 0 Å². The summed E-state index contributed by atoms with van der Waals surface area (Å²) < 4.78 is 4.88. The second-order valence-electron chi connectivity index (χ2n) is 7.48. The van der Waals surface area contributed by atoms with E-state index in [4.69, 9.17) is 31.3 Å². The van der Waals surface area contributed by atoms with Gasteiger partial charge in [-0.25, -0.2) is 9.97 Å². The van der Waals surface area contributed by atoms with Gasteiger partial charge in [0.15, 0.2) is 6.40 Å². The highest BCUT2D eigenvalue weighted by molar-refractivity contribution is 7.10. The minimum Gasteiger partial charge on any atom is -0.428 e. The molecule has 1 aliphatic heterocycles. The number of aromatic nitrogens is 2. The van der Waals surface area contributed by atoms with Gasteiger partial charge >= 0.3 is 0 Å². The Labute approximate surface area is 177 Å². The molecule has 0 radical (unpaired) electrons. The van der Waals surface area contributed by atoms with Crippen LogP contribution >= 0.6 is 11.3 Å². The van der Waals surface area contributed by atoms with E-state index in [1.807, 2.05) is 24.4 Å². The Morgan fingerprint density at radius 1 is 1.23 bits per heavy atom. The molecule has 1 saturated carbocycles. The molecule has 8 heteroatoms. The molecular weight excluding hydrogens is 396 g/mol. The quantitative estimate of drug-likeness (QED) is 0.429. The zero-order valence-corrected chi connectivity index (χ0v) is 16.9. The van der Waals surface area contributed by atoms with Crippen LogP contribution < -0.4 is 5.73 Å². The summed E-state index contributed by atoms with van der Waals surface area (Å²) in [6, 6.07) is 9.63. The molecule has 30 heavy (non-hydrogen) atoms. The maximum Gasteiger partial charge on any atom is 0.220 e. The van der Waals surface area contributed by atoms with Crippen LogP contribution in [0.15, 0.2) is 46.9 Å². The Morgan fingerprint density at radius 3 is 2.90 bits per heavy atom. The predicted molar refractivity (Wildman–Crippen MR) is 118 cm³/mol. The molecule has 3 heterocycles. The molecule has 2 aromatic heterocycles. The number of fused-ring (bicyclic) bond motifs is 1. The molecule has 150 valence electrons. The van der Waals surface area contributed by atoms with Crippen LogP contribution in [0.3, 0.4) is 0 Å². The number of rotatable bonds is 5. The number of nitrogens with one attached hydrogen (secondary N) is 2. The average Bonchev–Trinajstić information content (AvgIpc) is 3.50. The SMILES string of the molecule is N=COC(=N)c1cccc(-c2csc(C3Cc4nc(C5CC5)ncc4C(N)=N3)c2)c1. The Morgan fingerprint density at radius 2 is 2.10 bits per heavy atom. The molecule has 1 aromatic carbocycles. The number of benzene rings is 1. The van der Waals surface area contributed by atoms with Crippen molar-refractivity contribution in [1.82, 2.24) is 9.97 Å². The number of nitrogens with zero attached hydrogens (tertiary/aromatic N) is 3. The lowest BCUT2D eigenvalue weighted by molar-refractivity contribution is 0.561. The second-order valence-corrected chi connectivity index (χ2v) is 8.42. The van der Waals surface area contributed by atoms with Crippen LogP contribution in [0.4, 0.5) is 0 Å². The fraction of sp³-hybridized carbons (Fsp3) is 0.227. The van der Waals surface area contributed by atoms with E-state index in [1.54, 1.807) is 17.4 Å². The zero-order chi connectivity index (χ0) is 20.7. The van der Waals surface area contributed by atoms with E-state index in [9.17, 15) is 0 Å². The summed E-state index contributed by atoms with van der Waals surface area (Å²) in [6.45, 7) is 0. The third-order valence-corrected chi connectivity index (χ3v) is 6.40. The van der Waals surface area contributed by atoms with Crippen LogP contribution in [-0.2, 0) is 11.2 Å². The molecule has 7 nitrogen and oxygen atoms in total. The van der Waals surface area contributed by atoms with Crippen molar-refractivity contribution in [2.45, 2.75) is 31.2 Å². The van der Waals surface area contributed by atoms with Crippen molar-refractivity contribution in [3.05, 3.63) is 69.4 Å². The van der Waals surface area contributed by atoms with E-state index in [1.165, 1.54) is 12.8 Å². The second kappa shape index (κ2) is 7.46. The number of ether oxygens (including phenoxy) is 1. The van der Waals surface area contributed by atoms with E-state index in [-0.39, 0.29) is 11.9 Å². The Bertz CT molecular complexity index is 1180. The number of amidine groups is 1. The van der Waals surface area contributed by atoms with Gasteiger partial charge in [-0.05, 0) is 47.5 Å². The molecule has 1 fully saturated rings. The van der Waals surface area contributed by atoms with Crippen molar-refractivity contribution in [3.8, 4) is 11.1 Å². The molecule has 0 amide bonds. The van der Waals surface area contributed by atoms with E-state index < -0.39 is 0 Å². The van der Waals surface area contributed by atoms with E-state index >= 15 is 0 Å². The third-order valence-electron chi connectivity index (χ3n) is 5.37.